The molecule has 4 aliphatic rings. The van der Waals surface area contributed by atoms with Gasteiger partial charge in [-0.05, 0) is 82.7 Å². The molecular formula is C20H34N2O. The smallest absolute Gasteiger partial charge is 0.226 e. The summed E-state index contributed by atoms with van der Waals surface area (Å²) in [6.07, 6.45) is 12.1. The standard InChI is InChI=1S/C20H34N2O/c1-15-5-2-3-11-21(15)12-8-16-9-13-22(14-10-16)20(23)19-17-6-4-7-18(17)19/h15-19H,2-14H2,1H3/t15-,17-,18+,19?/m1/s1. The van der Waals surface area contributed by atoms with Gasteiger partial charge in [0.1, 0.15) is 0 Å². The zero-order valence-electron chi connectivity index (χ0n) is 14.9. The third-order valence-electron chi connectivity index (χ3n) is 7.38. The summed E-state index contributed by atoms with van der Waals surface area (Å²) in [5, 5.41) is 0. The van der Waals surface area contributed by atoms with E-state index in [1.807, 2.05) is 0 Å². The molecule has 3 nitrogen and oxygen atoms in total. The number of hydrogen-bond donors (Lipinski definition) is 0. The summed E-state index contributed by atoms with van der Waals surface area (Å²) >= 11 is 0. The van der Waals surface area contributed by atoms with Crippen LogP contribution >= 0.6 is 0 Å². The Morgan fingerprint density at radius 1 is 0.913 bits per heavy atom. The van der Waals surface area contributed by atoms with Crippen LogP contribution in [0.5, 0.6) is 0 Å². The van der Waals surface area contributed by atoms with Crippen LogP contribution in [0.4, 0.5) is 0 Å². The normalized spacial score (nSPS) is 38.6. The van der Waals surface area contributed by atoms with Gasteiger partial charge in [-0.25, -0.2) is 0 Å². The molecule has 0 aromatic heterocycles. The maximum absolute atomic E-state index is 12.6. The first-order valence-corrected chi connectivity index (χ1v) is 10.3. The Kier molecular flexibility index (Phi) is 4.67. The number of carbonyl (C=O) groups excluding carboxylic acids is 1. The lowest BCUT2D eigenvalue weighted by molar-refractivity contribution is -0.134. The zero-order chi connectivity index (χ0) is 15.8. The molecule has 3 heteroatoms. The highest BCUT2D eigenvalue weighted by Crippen LogP contribution is 2.58. The van der Waals surface area contributed by atoms with Crippen molar-refractivity contribution in [1.29, 1.82) is 0 Å². The summed E-state index contributed by atoms with van der Waals surface area (Å²) in [6, 6.07) is 0.791. The van der Waals surface area contributed by atoms with Crippen LogP contribution in [0.3, 0.4) is 0 Å². The average Bonchev–Trinajstić information content (AvgIpc) is 3.05. The van der Waals surface area contributed by atoms with Crippen molar-refractivity contribution < 1.29 is 4.79 Å². The highest BCUT2D eigenvalue weighted by Gasteiger charge is 2.57. The molecule has 130 valence electrons. The quantitative estimate of drug-likeness (QED) is 0.791. The molecule has 2 saturated carbocycles. The fourth-order valence-electron chi connectivity index (χ4n) is 5.68. The monoisotopic (exact) mass is 318 g/mol. The fraction of sp³-hybridized carbons (Fsp3) is 0.950. The van der Waals surface area contributed by atoms with Crippen molar-refractivity contribution in [2.24, 2.45) is 23.7 Å². The van der Waals surface area contributed by atoms with Crippen molar-refractivity contribution in [3.05, 3.63) is 0 Å². The maximum atomic E-state index is 12.6. The number of fused-ring (bicyclic) bond motifs is 1. The minimum atomic E-state index is 0.439. The van der Waals surface area contributed by atoms with Crippen LogP contribution in [0.1, 0.15) is 64.7 Å². The van der Waals surface area contributed by atoms with E-state index in [4.69, 9.17) is 0 Å². The van der Waals surface area contributed by atoms with E-state index in [-0.39, 0.29) is 0 Å². The lowest BCUT2D eigenvalue weighted by atomic mass is 9.92. The Morgan fingerprint density at radius 3 is 2.35 bits per heavy atom. The van der Waals surface area contributed by atoms with E-state index in [1.165, 1.54) is 70.9 Å². The number of nitrogens with zero attached hydrogens (tertiary/aromatic N) is 2. The molecular weight excluding hydrogens is 284 g/mol. The first-order valence-electron chi connectivity index (χ1n) is 10.3. The molecule has 0 spiro atoms. The number of amides is 1. The second-order valence-corrected chi connectivity index (χ2v) is 8.72. The second-order valence-electron chi connectivity index (χ2n) is 8.72. The number of hydrogen-bond acceptors (Lipinski definition) is 2. The lowest BCUT2D eigenvalue weighted by Crippen LogP contribution is -2.42. The van der Waals surface area contributed by atoms with Crippen LogP contribution in [0.25, 0.3) is 0 Å². The van der Waals surface area contributed by atoms with E-state index < -0.39 is 0 Å². The van der Waals surface area contributed by atoms with Crippen LogP contribution in [-0.2, 0) is 4.79 Å². The zero-order valence-corrected chi connectivity index (χ0v) is 14.9. The molecule has 1 unspecified atom stereocenters. The van der Waals surface area contributed by atoms with Gasteiger partial charge in [-0.15, -0.1) is 0 Å². The van der Waals surface area contributed by atoms with Gasteiger partial charge in [-0.1, -0.05) is 12.8 Å². The molecule has 2 aliphatic carbocycles. The SMILES string of the molecule is C[C@@H]1CCCCN1CCC1CCN(C(=O)C2[C@H]3CCC[C@@H]23)CC1. The number of rotatable bonds is 4. The Bertz CT molecular complexity index is 419. The summed E-state index contributed by atoms with van der Waals surface area (Å²) in [6.45, 7) is 7.06. The molecule has 2 heterocycles. The summed E-state index contributed by atoms with van der Waals surface area (Å²) < 4.78 is 0. The van der Waals surface area contributed by atoms with Gasteiger partial charge in [0, 0.05) is 25.0 Å². The summed E-state index contributed by atoms with van der Waals surface area (Å²) in [4.78, 5) is 17.6. The molecule has 0 bridgehead atoms. The molecule has 4 fully saturated rings. The van der Waals surface area contributed by atoms with Crippen molar-refractivity contribution in [1.82, 2.24) is 9.80 Å². The highest BCUT2D eigenvalue weighted by atomic mass is 16.2. The minimum absolute atomic E-state index is 0.439. The Morgan fingerprint density at radius 2 is 1.65 bits per heavy atom. The Balaban J connectivity index is 1.18. The third-order valence-corrected chi connectivity index (χ3v) is 7.38. The van der Waals surface area contributed by atoms with E-state index >= 15 is 0 Å². The van der Waals surface area contributed by atoms with Gasteiger partial charge in [0.2, 0.25) is 5.91 Å². The van der Waals surface area contributed by atoms with Crippen molar-refractivity contribution >= 4 is 5.91 Å². The summed E-state index contributed by atoms with van der Waals surface area (Å²) in [5.74, 6) is 3.37. The molecule has 2 saturated heterocycles. The number of carbonyl (C=O) groups is 1. The topological polar surface area (TPSA) is 23.6 Å². The van der Waals surface area contributed by atoms with Gasteiger partial charge in [0.15, 0.2) is 0 Å². The van der Waals surface area contributed by atoms with Crippen LogP contribution in [-0.4, -0.2) is 47.9 Å². The Labute approximate surface area is 141 Å². The van der Waals surface area contributed by atoms with Gasteiger partial charge >= 0.3 is 0 Å². The molecule has 4 atom stereocenters. The van der Waals surface area contributed by atoms with Crippen molar-refractivity contribution in [3.63, 3.8) is 0 Å². The van der Waals surface area contributed by atoms with E-state index in [0.717, 1.165) is 36.9 Å². The molecule has 0 radical (unpaired) electrons. The van der Waals surface area contributed by atoms with E-state index in [9.17, 15) is 4.79 Å². The third kappa shape index (κ3) is 3.31. The molecule has 1 amide bonds. The molecule has 23 heavy (non-hydrogen) atoms. The van der Waals surface area contributed by atoms with Gasteiger partial charge in [-0.2, -0.15) is 0 Å². The van der Waals surface area contributed by atoms with Crippen LogP contribution < -0.4 is 0 Å². The van der Waals surface area contributed by atoms with Crippen LogP contribution in [0.2, 0.25) is 0 Å². The first kappa shape index (κ1) is 15.9. The van der Waals surface area contributed by atoms with Gasteiger partial charge in [0.05, 0.1) is 0 Å². The van der Waals surface area contributed by atoms with Crippen molar-refractivity contribution in [2.45, 2.75) is 70.8 Å². The molecule has 4 rings (SSSR count). The van der Waals surface area contributed by atoms with Gasteiger partial charge < -0.3 is 9.80 Å². The molecule has 0 aromatic carbocycles. The van der Waals surface area contributed by atoms with Crippen LogP contribution in [0.15, 0.2) is 0 Å². The molecule has 0 aromatic rings. The van der Waals surface area contributed by atoms with Gasteiger partial charge in [0.25, 0.3) is 0 Å². The molecule has 0 N–H and O–H groups in total. The summed E-state index contributed by atoms with van der Waals surface area (Å²) in [5.41, 5.74) is 0. The fourth-order valence-corrected chi connectivity index (χ4v) is 5.68. The predicted molar refractivity (Wildman–Crippen MR) is 93.1 cm³/mol. The van der Waals surface area contributed by atoms with E-state index in [1.54, 1.807) is 0 Å². The van der Waals surface area contributed by atoms with Crippen molar-refractivity contribution in [2.75, 3.05) is 26.2 Å². The summed E-state index contributed by atoms with van der Waals surface area (Å²) in [7, 11) is 0. The molecule has 2 aliphatic heterocycles. The predicted octanol–water partition coefficient (Wildman–Crippen LogP) is 3.54. The van der Waals surface area contributed by atoms with Gasteiger partial charge in [-0.3, -0.25) is 4.79 Å². The lowest BCUT2D eigenvalue weighted by Gasteiger charge is -2.36. The highest BCUT2D eigenvalue weighted by molar-refractivity contribution is 5.82. The Hall–Kier alpha value is -0.570. The van der Waals surface area contributed by atoms with Crippen molar-refractivity contribution in [3.8, 4) is 0 Å². The van der Waals surface area contributed by atoms with Crippen LogP contribution in [0, 0.1) is 23.7 Å². The largest absolute Gasteiger partial charge is 0.342 e. The first-order chi connectivity index (χ1) is 11.2. The van der Waals surface area contributed by atoms with E-state index in [2.05, 4.69) is 16.7 Å². The average molecular weight is 319 g/mol. The second kappa shape index (κ2) is 6.74. The maximum Gasteiger partial charge on any atom is 0.226 e. The minimum Gasteiger partial charge on any atom is -0.342 e. The number of piperidine rings is 2. The van der Waals surface area contributed by atoms with E-state index in [0.29, 0.717) is 11.8 Å². The number of likely N-dealkylation sites (tertiary alicyclic amines) is 2.